The van der Waals surface area contributed by atoms with Gasteiger partial charge in [-0.1, -0.05) is 35.9 Å². The van der Waals surface area contributed by atoms with E-state index in [1.807, 2.05) is 11.9 Å². The summed E-state index contributed by atoms with van der Waals surface area (Å²) in [7, 11) is 1.92. The molecule has 0 radical (unpaired) electrons. The molecule has 3 rings (SSSR count). The molecule has 0 spiro atoms. The fraction of sp³-hybridized carbons (Fsp3) is 0.480. The van der Waals surface area contributed by atoms with Crippen LogP contribution in [0.5, 0.6) is 0 Å². The van der Waals surface area contributed by atoms with Crippen LogP contribution in [0, 0.1) is 0 Å². The molecule has 30 heavy (non-hydrogen) atoms. The first-order chi connectivity index (χ1) is 14.6. The number of carbonyl (C=O) groups is 1. The number of amides is 1. The van der Waals surface area contributed by atoms with Crippen LogP contribution in [0.4, 0.5) is 0 Å². The van der Waals surface area contributed by atoms with Crippen molar-refractivity contribution in [3.8, 4) is 0 Å². The highest BCUT2D eigenvalue weighted by molar-refractivity contribution is 6.30. The van der Waals surface area contributed by atoms with Gasteiger partial charge in [0.1, 0.15) is 0 Å². The van der Waals surface area contributed by atoms with Crippen molar-refractivity contribution in [1.82, 2.24) is 10.2 Å². The molecule has 4 nitrogen and oxygen atoms in total. The van der Waals surface area contributed by atoms with Gasteiger partial charge >= 0.3 is 0 Å². The van der Waals surface area contributed by atoms with Crippen molar-refractivity contribution < 1.29 is 9.90 Å². The summed E-state index contributed by atoms with van der Waals surface area (Å²) in [5.41, 5.74) is 3.40. The Morgan fingerprint density at radius 3 is 2.33 bits per heavy atom. The van der Waals surface area contributed by atoms with Gasteiger partial charge in [-0.2, -0.15) is 0 Å². The zero-order valence-electron chi connectivity index (χ0n) is 17.8. The Labute approximate surface area is 185 Å². The lowest BCUT2D eigenvalue weighted by Crippen LogP contribution is -2.39. The van der Waals surface area contributed by atoms with Crippen LogP contribution in [0.1, 0.15) is 65.9 Å². The van der Waals surface area contributed by atoms with Crippen molar-refractivity contribution in [2.24, 2.45) is 0 Å². The first-order valence-electron chi connectivity index (χ1n) is 11.0. The van der Waals surface area contributed by atoms with E-state index < -0.39 is 0 Å². The molecular weight excluding hydrogens is 396 g/mol. The molecule has 2 N–H and O–H groups in total. The zero-order chi connectivity index (χ0) is 21.3. The third-order valence-corrected chi connectivity index (χ3v) is 6.45. The van der Waals surface area contributed by atoms with E-state index in [-0.39, 0.29) is 12.5 Å². The molecule has 0 atom stereocenters. The van der Waals surface area contributed by atoms with Crippen molar-refractivity contribution in [3.05, 3.63) is 70.2 Å². The number of unbranched alkanes of at least 4 members (excludes halogenated alkanes) is 1. The molecule has 2 aromatic carbocycles. The summed E-state index contributed by atoms with van der Waals surface area (Å²) in [5.74, 6) is 0.651. The van der Waals surface area contributed by atoms with Gasteiger partial charge in [-0.15, -0.1) is 0 Å². The van der Waals surface area contributed by atoms with E-state index in [1.54, 1.807) is 24.3 Å². The molecule has 2 aromatic rings. The lowest BCUT2D eigenvalue weighted by molar-refractivity contribution is 0.0689. The molecule has 0 saturated heterocycles. The van der Waals surface area contributed by atoms with Gasteiger partial charge in [0, 0.05) is 36.8 Å². The van der Waals surface area contributed by atoms with E-state index in [4.69, 9.17) is 16.7 Å². The van der Waals surface area contributed by atoms with Crippen LogP contribution in [0.3, 0.4) is 0 Å². The quantitative estimate of drug-likeness (QED) is 0.552. The van der Waals surface area contributed by atoms with Crippen LogP contribution in [-0.2, 0) is 6.54 Å². The van der Waals surface area contributed by atoms with Crippen molar-refractivity contribution in [1.29, 1.82) is 0 Å². The van der Waals surface area contributed by atoms with Gasteiger partial charge in [0.2, 0.25) is 0 Å². The molecule has 0 bridgehead atoms. The number of rotatable bonds is 9. The first-order valence-corrected chi connectivity index (χ1v) is 11.4. The second kappa shape index (κ2) is 11.5. The second-order valence-electron chi connectivity index (χ2n) is 8.28. The Hall–Kier alpha value is -1.88. The minimum atomic E-state index is 0.0750. The second-order valence-corrected chi connectivity index (χ2v) is 8.71. The number of aliphatic hydroxyl groups is 1. The highest BCUT2D eigenvalue weighted by Gasteiger charge is 2.27. The number of halogens is 1. The third kappa shape index (κ3) is 6.31. The maximum atomic E-state index is 12.8. The minimum Gasteiger partial charge on any atom is -0.396 e. The van der Waals surface area contributed by atoms with Crippen molar-refractivity contribution in [2.75, 3.05) is 20.2 Å². The molecule has 1 aliphatic carbocycles. The van der Waals surface area contributed by atoms with Crippen LogP contribution in [0.2, 0.25) is 5.02 Å². The molecule has 162 valence electrons. The molecule has 1 saturated carbocycles. The highest BCUT2D eigenvalue weighted by atomic mass is 35.5. The fourth-order valence-corrected chi connectivity index (χ4v) is 4.39. The summed E-state index contributed by atoms with van der Waals surface area (Å²) < 4.78 is 0. The molecule has 1 aliphatic rings. The number of hydrogen-bond donors (Lipinski definition) is 2. The smallest absolute Gasteiger partial charge is 0.253 e. The number of carbonyl (C=O) groups excluding carboxylic acids is 1. The largest absolute Gasteiger partial charge is 0.396 e. The van der Waals surface area contributed by atoms with Gasteiger partial charge in [0.25, 0.3) is 5.91 Å². The Morgan fingerprint density at radius 2 is 1.70 bits per heavy atom. The normalized spacial score (nSPS) is 18.9. The standard InChI is InChI=1S/C25H33ClN2O2/c1-28(25(30)22-8-12-23(26)13-9-22)24-14-10-21(11-15-24)20-6-4-19(5-7-20)18-27-16-2-3-17-29/h4-9,12-13,21,24,27,29H,2-3,10-11,14-18H2,1H3. The van der Waals surface area contributed by atoms with E-state index in [9.17, 15) is 4.79 Å². The summed E-state index contributed by atoms with van der Waals surface area (Å²) in [6, 6.07) is 16.4. The molecular formula is C25H33ClN2O2. The Kier molecular flexibility index (Phi) is 8.74. The maximum Gasteiger partial charge on any atom is 0.253 e. The van der Waals surface area contributed by atoms with Gasteiger partial charge in [0.05, 0.1) is 0 Å². The van der Waals surface area contributed by atoms with Gasteiger partial charge in [-0.05, 0) is 86.4 Å². The van der Waals surface area contributed by atoms with Crippen molar-refractivity contribution in [2.45, 2.75) is 57.0 Å². The van der Waals surface area contributed by atoms with Gasteiger partial charge < -0.3 is 15.3 Å². The summed E-state index contributed by atoms with van der Waals surface area (Å²) in [6.07, 6.45) is 6.16. The molecule has 0 aromatic heterocycles. The highest BCUT2D eigenvalue weighted by Crippen LogP contribution is 2.35. The van der Waals surface area contributed by atoms with Gasteiger partial charge in [-0.25, -0.2) is 0 Å². The average Bonchev–Trinajstić information content (AvgIpc) is 2.79. The summed E-state index contributed by atoms with van der Waals surface area (Å²) in [4.78, 5) is 14.7. The Morgan fingerprint density at radius 1 is 1.03 bits per heavy atom. The molecule has 0 unspecified atom stereocenters. The Bertz CT molecular complexity index is 784. The van der Waals surface area contributed by atoms with E-state index in [0.717, 1.165) is 51.6 Å². The summed E-state index contributed by atoms with van der Waals surface area (Å²) >= 11 is 5.94. The summed E-state index contributed by atoms with van der Waals surface area (Å²) in [5, 5.41) is 12.9. The number of nitrogens with one attached hydrogen (secondary N) is 1. The van der Waals surface area contributed by atoms with E-state index >= 15 is 0 Å². The molecule has 0 heterocycles. The van der Waals surface area contributed by atoms with Crippen LogP contribution in [0.25, 0.3) is 0 Å². The topological polar surface area (TPSA) is 52.6 Å². The van der Waals surface area contributed by atoms with Crippen molar-refractivity contribution >= 4 is 17.5 Å². The number of hydrogen-bond acceptors (Lipinski definition) is 3. The van der Waals surface area contributed by atoms with Crippen molar-refractivity contribution in [3.63, 3.8) is 0 Å². The van der Waals surface area contributed by atoms with Gasteiger partial charge in [-0.3, -0.25) is 4.79 Å². The first kappa shape index (κ1) is 22.8. The number of benzene rings is 2. The van der Waals surface area contributed by atoms with Crippen LogP contribution in [0.15, 0.2) is 48.5 Å². The summed E-state index contributed by atoms with van der Waals surface area (Å²) in [6.45, 7) is 2.08. The minimum absolute atomic E-state index is 0.0750. The van der Waals surface area contributed by atoms with E-state index in [0.29, 0.717) is 22.5 Å². The fourth-order valence-electron chi connectivity index (χ4n) is 4.26. The van der Waals surface area contributed by atoms with Gasteiger partial charge in [0.15, 0.2) is 0 Å². The third-order valence-electron chi connectivity index (χ3n) is 6.20. The number of aliphatic hydroxyl groups excluding tert-OH is 1. The van der Waals surface area contributed by atoms with Crippen LogP contribution < -0.4 is 5.32 Å². The monoisotopic (exact) mass is 428 g/mol. The van der Waals surface area contributed by atoms with E-state index in [2.05, 4.69) is 29.6 Å². The van der Waals surface area contributed by atoms with E-state index in [1.165, 1.54) is 11.1 Å². The van der Waals surface area contributed by atoms with Crippen LogP contribution >= 0.6 is 11.6 Å². The SMILES string of the molecule is CN(C(=O)c1ccc(Cl)cc1)C1CCC(c2ccc(CNCCCCO)cc2)CC1. The molecule has 1 fully saturated rings. The average molecular weight is 429 g/mol. The Balaban J connectivity index is 1.46. The predicted molar refractivity (Wildman–Crippen MR) is 123 cm³/mol. The molecule has 0 aliphatic heterocycles. The predicted octanol–water partition coefficient (Wildman–Crippen LogP) is 5.00. The zero-order valence-corrected chi connectivity index (χ0v) is 18.6. The lowest BCUT2D eigenvalue weighted by Gasteiger charge is -2.35. The lowest BCUT2D eigenvalue weighted by atomic mass is 9.81. The van der Waals surface area contributed by atoms with Crippen LogP contribution in [-0.4, -0.2) is 42.2 Å². The molecule has 5 heteroatoms. The molecule has 1 amide bonds. The number of nitrogens with zero attached hydrogens (tertiary/aromatic N) is 1. The maximum absolute atomic E-state index is 12.8.